The van der Waals surface area contributed by atoms with Crippen molar-refractivity contribution >= 4 is 5.91 Å². The molecule has 116 valence electrons. The minimum absolute atomic E-state index is 0.0243. The molecule has 2 rings (SSSR count). The van der Waals surface area contributed by atoms with E-state index in [4.69, 9.17) is 9.84 Å². The van der Waals surface area contributed by atoms with E-state index in [2.05, 4.69) is 0 Å². The quantitative estimate of drug-likeness (QED) is 0.905. The van der Waals surface area contributed by atoms with Gasteiger partial charge >= 0.3 is 5.92 Å². The third kappa shape index (κ3) is 3.15. The van der Waals surface area contributed by atoms with Gasteiger partial charge in [-0.1, -0.05) is 12.1 Å². The van der Waals surface area contributed by atoms with E-state index in [-0.39, 0.29) is 38.0 Å². The van der Waals surface area contributed by atoms with E-state index in [0.29, 0.717) is 6.42 Å². The zero-order valence-corrected chi connectivity index (χ0v) is 11.9. The molecule has 1 N–H and O–H groups in total. The minimum Gasteiger partial charge on any atom is -0.493 e. The van der Waals surface area contributed by atoms with Crippen LogP contribution in [-0.2, 0) is 10.7 Å². The molecular weight excluding hydrogens is 280 g/mol. The Morgan fingerprint density at radius 1 is 1.48 bits per heavy atom. The van der Waals surface area contributed by atoms with Gasteiger partial charge < -0.3 is 14.7 Å². The van der Waals surface area contributed by atoms with Crippen LogP contribution in [0.2, 0.25) is 0 Å². The van der Waals surface area contributed by atoms with Gasteiger partial charge in [0.05, 0.1) is 12.2 Å². The topological polar surface area (TPSA) is 49.8 Å². The second kappa shape index (κ2) is 6.39. The second-order valence-electron chi connectivity index (χ2n) is 5.09. The van der Waals surface area contributed by atoms with E-state index in [9.17, 15) is 13.6 Å². The van der Waals surface area contributed by atoms with Crippen molar-refractivity contribution in [2.45, 2.75) is 19.3 Å². The number of hydrogen-bond acceptors (Lipinski definition) is 3. The Kier molecular flexibility index (Phi) is 4.77. The van der Waals surface area contributed by atoms with Gasteiger partial charge in [-0.05, 0) is 25.5 Å². The van der Waals surface area contributed by atoms with Gasteiger partial charge in [0.25, 0.3) is 5.91 Å². The molecule has 0 radical (unpaired) electrons. The zero-order valence-electron chi connectivity index (χ0n) is 11.9. The Morgan fingerprint density at radius 3 is 2.81 bits per heavy atom. The lowest BCUT2D eigenvalue weighted by Crippen LogP contribution is -2.41. The number of carbonyl (C=O) groups is 1. The molecule has 0 aliphatic carbocycles. The van der Waals surface area contributed by atoms with E-state index in [0.717, 1.165) is 4.90 Å². The van der Waals surface area contributed by atoms with Crippen LogP contribution in [-0.4, -0.2) is 42.2 Å². The summed E-state index contributed by atoms with van der Waals surface area (Å²) in [6.07, 6.45) is 0.547. The summed E-state index contributed by atoms with van der Waals surface area (Å²) < 4.78 is 34.2. The maximum atomic E-state index is 14.5. The van der Waals surface area contributed by atoms with Crippen LogP contribution in [0.3, 0.4) is 0 Å². The van der Waals surface area contributed by atoms with Gasteiger partial charge in [0, 0.05) is 25.6 Å². The highest BCUT2D eigenvalue weighted by Crippen LogP contribution is 2.37. The largest absolute Gasteiger partial charge is 0.493 e. The first-order valence-electron chi connectivity index (χ1n) is 7.01. The summed E-state index contributed by atoms with van der Waals surface area (Å²) in [5.41, 5.74) is -0.413. The molecule has 1 unspecified atom stereocenters. The number of rotatable bonds is 5. The van der Waals surface area contributed by atoms with Gasteiger partial charge in [0.2, 0.25) is 0 Å². The molecule has 6 heteroatoms. The Hall–Kier alpha value is -1.69. The van der Waals surface area contributed by atoms with Crippen molar-refractivity contribution in [2.24, 2.45) is 5.92 Å². The second-order valence-corrected chi connectivity index (χ2v) is 5.09. The molecule has 1 aliphatic rings. The molecule has 1 saturated heterocycles. The molecule has 0 saturated carbocycles. The number of carbonyl (C=O) groups excluding carboxylic acids is 1. The molecule has 4 nitrogen and oxygen atoms in total. The summed E-state index contributed by atoms with van der Waals surface area (Å²) in [7, 11) is 0. The lowest BCUT2D eigenvalue weighted by molar-refractivity contribution is -0.158. The molecule has 1 fully saturated rings. The predicted molar refractivity (Wildman–Crippen MR) is 73.3 cm³/mol. The van der Waals surface area contributed by atoms with Crippen molar-refractivity contribution in [2.75, 3.05) is 26.3 Å². The van der Waals surface area contributed by atoms with E-state index < -0.39 is 17.4 Å². The lowest BCUT2D eigenvalue weighted by Gasteiger charge is -2.24. The average Bonchev–Trinajstić information content (AvgIpc) is 2.96. The SMILES string of the molecule is CCOc1ccccc1C(F)(F)C(=O)N1CCC(CO)C1. The number of hydrogen-bond donors (Lipinski definition) is 1. The fourth-order valence-corrected chi connectivity index (χ4v) is 2.49. The van der Waals surface area contributed by atoms with Crippen LogP contribution in [0.1, 0.15) is 18.9 Å². The molecule has 21 heavy (non-hydrogen) atoms. The molecule has 1 aromatic carbocycles. The first-order chi connectivity index (χ1) is 10.0. The first kappa shape index (κ1) is 15.7. The molecule has 0 spiro atoms. The Morgan fingerprint density at radius 2 is 2.19 bits per heavy atom. The van der Waals surface area contributed by atoms with Gasteiger partial charge in [-0.3, -0.25) is 4.79 Å². The minimum atomic E-state index is -3.63. The average molecular weight is 299 g/mol. The van der Waals surface area contributed by atoms with E-state index in [1.54, 1.807) is 13.0 Å². The van der Waals surface area contributed by atoms with Gasteiger partial charge in [0.1, 0.15) is 5.75 Å². The maximum Gasteiger partial charge on any atom is 0.353 e. The van der Waals surface area contributed by atoms with Crippen LogP contribution in [0.25, 0.3) is 0 Å². The van der Waals surface area contributed by atoms with E-state index in [1.807, 2.05) is 0 Å². The Balaban J connectivity index is 2.23. The Bertz CT molecular complexity index is 507. The first-order valence-corrected chi connectivity index (χ1v) is 7.01. The number of para-hydroxylation sites is 1. The van der Waals surface area contributed by atoms with Crippen molar-refractivity contribution in [1.29, 1.82) is 0 Å². The molecular formula is C15H19F2NO3. The number of likely N-dealkylation sites (tertiary alicyclic amines) is 1. The monoisotopic (exact) mass is 299 g/mol. The predicted octanol–water partition coefficient (Wildman–Crippen LogP) is 2.02. The number of ether oxygens (including phenoxy) is 1. The van der Waals surface area contributed by atoms with Crippen LogP contribution in [0.5, 0.6) is 5.75 Å². The zero-order chi connectivity index (χ0) is 15.5. The third-order valence-corrected chi connectivity index (χ3v) is 3.63. The highest BCUT2D eigenvalue weighted by Gasteiger charge is 2.47. The molecule has 1 aromatic rings. The van der Waals surface area contributed by atoms with Gasteiger partial charge in [-0.15, -0.1) is 0 Å². The van der Waals surface area contributed by atoms with Crippen molar-refractivity contribution in [3.8, 4) is 5.75 Å². The van der Waals surface area contributed by atoms with Gasteiger partial charge in [0.15, 0.2) is 0 Å². The Labute approximate surface area is 122 Å². The normalized spacial score (nSPS) is 18.9. The third-order valence-electron chi connectivity index (χ3n) is 3.63. The van der Waals surface area contributed by atoms with Crippen LogP contribution >= 0.6 is 0 Å². The van der Waals surface area contributed by atoms with Crippen molar-refractivity contribution in [1.82, 2.24) is 4.90 Å². The number of benzene rings is 1. The van der Waals surface area contributed by atoms with E-state index >= 15 is 0 Å². The molecule has 0 aromatic heterocycles. The summed E-state index contributed by atoms with van der Waals surface area (Å²) in [5.74, 6) is -4.95. The van der Waals surface area contributed by atoms with Crippen LogP contribution in [0.4, 0.5) is 8.78 Å². The van der Waals surface area contributed by atoms with Gasteiger partial charge in [-0.2, -0.15) is 8.78 Å². The summed E-state index contributed by atoms with van der Waals surface area (Å²) in [5, 5.41) is 9.05. The summed E-state index contributed by atoms with van der Waals surface area (Å²) in [6, 6.07) is 5.69. The molecule has 1 atom stereocenters. The summed E-state index contributed by atoms with van der Waals surface area (Å²) in [4.78, 5) is 13.2. The molecule has 1 amide bonds. The summed E-state index contributed by atoms with van der Waals surface area (Å²) in [6.45, 7) is 2.27. The van der Waals surface area contributed by atoms with Crippen LogP contribution < -0.4 is 4.74 Å². The van der Waals surface area contributed by atoms with Crippen LogP contribution in [0.15, 0.2) is 24.3 Å². The molecule has 1 heterocycles. The number of nitrogens with zero attached hydrogens (tertiary/aromatic N) is 1. The number of alkyl halides is 2. The van der Waals surface area contributed by atoms with Crippen molar-refractivity contribution in [3.05, 3.63) is 29.8 Å². The number of aliphatic hydroxyl groups excluding tert-OH is 1. The number of aliphatic hydroxyl groups is 1. The maximum absolute atomic E-state index is 14.5. The fraction of sp³-hybridized carbons (Fsp3) is 0.533. The summed E-state index contributed by atoms with van der Waals surface area (Å²) >= 11 is 0. The lowest BCUT2D eigenvalue weighted by atomic mass is 10.1. The number of amides is 1. The highest BCUT2D eigenvalue weighted by atomic mass is 19.3. The van der Waals surface area contributed by atoms with E-state index in [1.165, 1.54) is 18.2 Å². The molecule has 0 bridgehead atoms. The smallest absolute Gasteiger partial charge is 0.353 e. The highest BCUT2D eigenvalue weighted by molar-refractivity contribution is 5.86. The fourth-order valence-electron chi connectivity index (χ4n) is 2.49. The van der Waals surface area contributed by atoms with Crippen molar-refractivity contribution in [3.63, 3.8) is 0 Å². The van der Waals surface area contributed by atoms with Crippen LogP contribution in [0, 0.1) is 5.92 Å². The standard InChI is InChI=1S/C15H19F2NO3/c1-2-21-13-6-4-3-5-12(13)15(16,17)14(20)18-8-7-11(9-18)10-19/h3-6,11,19H,2,7-10H2,1H3. The van der Waals surface area contributed by atoms with Gasteiger partial charge in [-0.25, -0.2) is 0 Å². The molecule has 1 aliphatic heterocycles. The number of halogens is 2. The van der Waals surface area contributed by atoms with Crippen molar-refractivity contribution < 1.29 is 23.4 Å².